The minimum Gasteiger partial charge on any atom is -0.457 e. The Morgan fingerprint density at radius 1 is 1.16 bits per heavy atom. The number of hydrogen-bond acceptors (Lipinski definition) is 7. The molecule has 0 bridgehead atoms. The lowest BCUT2D eigenvalue weighted by Gasteiger charge is -2.27. The zero-order chi connectivity index (χ0) is 23.3. The van der Waals surface area contributed by atoms with E-state index < -0.39 is 33.9 Å². The highest BCUT2D eigenvalue weighted by molar-refractivity contribution is 7.89. The summed E-state index contributed by atoms with van der Waals surface area (Å²) in [5.41, 5.74) is 1.43. The van der Waals surface area contributed by atoms with Gasteiger partial charge in [-0.3, -0.25) is 19.7 Å². The molecular formula is C20H22N4O7S. The molecule has 1 aliphatic rings. The number of likely N-dealkylation sites (N-methyl/N-ethyl adjacent to an activating group) is 1. The molecular weight excluding hydrogens is 440 g/mol. The molecule has 11 nitrogen and oxygen atoms in total. The molecule has 1 aliphatic heterocycles. The lowest BCUT2D eigenvalue weighted by Crippen LogP contribution is -2.48. The van der Waals surface area contributed by atoms with Crippen molar-refractivity contribution in [3.05, 3.63) is 54.6 Å². The Bertz CT molecular complexity index is 1070. The van der Waals surface area contributed by atoms with E-state index in [9.17, 15) is 22.8 Å². The van der Waals surface area contributed by atoms with Crippen LogP contribution in [0.4, 0.5) is 4.79 Å². The predicted octanol–water partition coefficient (Wildman–Crippen LogP) is 0.915. The van der Waals surface area contributed by atoms with E-state index in [-0.39, 0.29) is 24.4 Å². The summed E-state index contributed by atoms with van der Waals surface area (Å²) in [6.45, 7) is -0.367. The first kappa shape index (κ1) is 23.2. The van der Waals surface area contributed by atoms with E-state index in [1.807, 2.05) is 6.07 Å². The molecule has 170 valence electrons. The second-order valence-electron chi connectivity index (χ2n) is 6.89. The molecule has 1 fully saturated rings. The minimum absolute atomic E-state index is 0.105. The molecule has 4 amide bonds. The Hall–Kier alpha value is -3.48. The summed E-state index contributed by atoms with van der Waals surface area (Å²) >= 11 is 0. The Morgan fingerprint density at radius 2 is 1.78 bits per heavy atom. The van der Waals surface area contributed by atoms with E-state index in [2.05, 4.69) is 5.32 Å². The first-order chi connectivity index (χ1) is 15.2. The van der Waals surface area contributed by atoms with Gasteiger partial charge in [0, 0.05) is 13.6 Å². The van der Waals surface area contributed by atoms with Gasteiger partial charge >= 0.3 is 6.03 Å². The third-order valence-electron chi connectivity index (χ3n) is 4.89. The topological polar surface area (TPSA) is 145 Å². The van der Waals surface area contributed by atoms with Gasteiger partial charge in [-0.15, -0.1) is 0 Å². The second kappa shape index (κ2) is 9.77. The fourth-order valence-corrected chi connectivity index (χ4v) is 4.47. The van der Waals surface area contributed by atoms with E-state index in [0.717, 1.165) is 9.21 Å². The lowest BCUT2D eigenvalue weighted by atomic mass is 10.2. The van der Waals surface area contributed by atoms with Crippen LogP contribution in [0.1, 0.15) is 6.42 Å². The molecule has 0 aromatic heterocycles. The minimum atomic E-state index is -4.15. The zero-order valence-electron chi connectivity index (χ0n) is 17.1. The third kappa shape index (κ3) is 5.04. The van der Waals surface area contributed by atoms with Gasteiger partial charge in [0.2, 0.25) is 15.9 Å². The highest BCUT2D eigenvalue weighted by Gasteiger charge is 2.35. The van der Waals surface area contributed by atoms with Crippen LogP contribution in [-0.4, -0.2) is 66.9 Å². The molecule has 1 heterocycles. The van der Waals surface area contributed by atoms with Crippen molar-refractivity contribution in [2.75, 3.05) is 20.1 Å². The summed E-state index contributed by atoms with van der Waals surface area (Å²) in [5.74, 6) is -0.480. The second-order valence-corrected chi connectivity index (χ2v) is 8.89. The summed E-state index contributed by atoms with van der Waals surface area (Å²) < 4.78 is 32.5. The number of benzene rings is 2. The molecule has 0 radical (unpaired) electrons. The van der Waals surface area contributed by atoms with Gasteiger partial charge in [0.1, 0.15) is 17.5 Å². The summed E-state index contributed by atoms with van der Waals surface area (Å²) in [6.07, 6.45) is -0.212. The normalized spacial score (nSPS) is 14.9. The number of nitrogens with zero attached hydrogens (tertiary/aromatic N) is 2. The van der Waals surface area contributed by atoms with Crippen LogP contribution in [0.15, 0.2) is 59.5 Å². The van der Waals surface area contributed by atoms with Gasteiger partial charge in [0.25, 0.3) is 5.91 Å². The van der Waals surface area contributed by atoms with Crippen molar-refractivity contribution in [2.45, 2.75) is 17.4 Å². The number of amides is 4. The number of hydroxylamine groups is 1. The monoisotopic (exact) mass is 462 g/mol. The molecule has 0 saturated carbocycles. The van der Waals surface area contributed by atoms with Crippen LogP contribution in [0, 0.1) is 0 Å². The van der Waals surface area contributed by atoms with E-state index in [4.69, 9.17) is 9.94 Å². The molecule has 0 aliphatic carbocycles. The molecule has 0 spiro atoms. The summed E-state index contributed by atoms with van der Waals surface area (Å²) in [4.78, 5) is 36.4. The first-order valence-electron chi connectivity index (χ1n) is 9.57. The number of carbonyl (C=O) groups excluding carboxylic acids is 3. The van der Waals surface area contributed by atoms with E-state index in [0.29, 0.717) is 11.5 Å². The highest BCUT2D eigenvalue weighted by Crippen LogP contribution is 2.25. The third-order valence-corrected chi connectivity index (χ3v) is 6.78. The van der Waals surface area contributed by atoms with E-state index in [1.165, 1.54) is 36.8 Å². The molecule has 1 atom stereocenters. The number of nitrogens with one attached hydrogen (secondary N) is 2. The Morgan fingerprint density at radius 3 is 2.34 bits per heavy atom. The summed E-state index contributed by atoms with van der Waals surface area (Å²) in [6, 6.07) is 12.6. The fraction of sp³-hybridized carbons (Fsp3) is 0.250. The van der Waals surface area contributed by atoms with Crippen molar-refractivity contribution in [3.8, 4) is 11.5 Å². The van der Waals surface area contributed by atoms with Crippen molar-refractivity contribution in [1.82, 2.24) is 20.0 Å². The molecule has 2 aromatic carbocycles. The van der Waals surface area contributed by atoms with Crippen LogP contribution < -0.4 is 15.5 Å². The van der Waals surface area contributed by atoms with Gasteiger partial charge in [-0.05, 0) is 42.8 Å². The number of ether oxygens (including phenoxy) is 1. The van der Waals surface area contributed by atoms with Crippen LogP contribution in [0.3, 0.4) is 0 Å². The first-order valence-corrected chi connectivity index (χ1v) is 11.0. The Kier molecular flexibility index (Phi) is 7.08. The standard InChI is InChI=1S/C20H22N4O7S/c1-23(17(19(26)22-28)11-12-24-18(25)13-21-20(24)27)32(29,30)16-9-7-15(8-10-16)31-14-5-3-2-4-6-14/h2-10,17,28H,11-13H2,1H3,(H,21,27)(H,22,26). The highest BCUT2D eigenvalue weighted by atomic mass is 32.2. The average Bonchev–Trinajstić information content (AvgIpc) is 3.12. The molecule has 1 saturated heterocycles. The van der Waals surface area contributed by atoms with Gasteiger partial charge in [0.05, 0.1) is 11.4 Å². The van der Waals surface area contributed by atoms with Crippen molar-refractivity contribution in [2.24, 2.45) is 0 Å². The molecule has 1 unspecified atom stereocenters. The number of imide groups is 1. The van der Waals surface area contributed by atoms with E-state index in [1.54, 1.807) is 24.3 Å². The Labute approximate surface area is 184 Å². The number of rotatable bonds is 9. The van der Waals surface area contributed by atoms with Crippen LogP contribution >= 0.6 is 0 Å². The number of urea groups is 1. The van der Waals surface area contributed by atoms with Gasteiger partial charge in [-0.25, -0.2) is 18.7 Å². The SMILES string of the molecule is CN(C(CCN1C(=O)CNC1=O)C(=O)NO)S(=O)(=O)c1ccc(Oc2ccccc2)cc1. The molecule has 2 aromatic rings. The van der Waals surface area contributed by atoms with Gasteiger partial charge < -0.3 is 10.1 Å². The molecule has 3 rings (SSSR count). The number of para-hydroxylation sites is 1. The number of sulfonamides is 1. The Balaban J connectivity index is 1.75. The van der Waals surface area contributed by atoms with Crippen LogP contribution in [0.5, 0.6) is 11.5 Å². The number of carbonyl (C=O) groups is 3. The van der Waals surface area contributed by atoms with Crippen LogP contribution in [-0.2, 0) is 19.6 Å². The van der Waals surface area contributed by atoms with Crippen molar-refractivity contribution in [1.29, 1.82) is 0 Å². The van der Waals surface area contributed by atoms with Crippen LogP contribution in [0.25, 0.3) is 0 Å². The van der Waals surface area contributed by atoms with Crippen molar-refractivity contribution < 1.29 is 32.7 Å². The van der Waals surface area contributed by atoms with Crippen molar-refractivity contribution >= 4 is 27.9 Å². The molecule has 12 heteroatoms. The maximum absolute atomic E-state index is 13.1. The van der Waals surface area contributed by atoms with Crippen LogP contribution in [0.2, 0.25) is 0 Å². The largest absolute Gasteiger partial charge is 0.457 e. The molecule has 3 N–H and O–H groups in total. The van der Waals surface area contributed by atoms with Gasteiger partial charge in [-0.2, -0.15) is 4.31 Å². The maximum Gasteiger partial charge on any atom is 0.324 e. The summed E-state index contributed by atoms with van der Waals surface area (Å²) in [5, 5.41) is 11.4. The zero-order valence-corrected chi connectivity index (χ0v) is 17.9. The predicted molar refractivity (Wildman–Crippen MR) is 111 cm³/mol. The summed E-state index contributed by atoms with van der Waals surface area (Å²) in [7, 11) is -2.98. The van der Waals surface area contributed by atoms with Crippen molar-refractivity contribution in [3.63, 3.8) is 0 Å². The number of hydrogen-bond donors (Lipinski definition) is 3. The fourth-order valence-electron chi connectivity index (χ4n) is 3.12. The smallest absolute Gasteiger partial charge is 0.324 e. The molecule has 32 heavy (non-hydrogen) atoms. The average molecular weight is 462 g/mol. The lowest BCUT2D eigenvalue weighted by molar-refractivity contribution is -0.133. The van der Waals surface area contributed by atoms with E-state index >= 15 is 0 Å². The maximum atomic E-state index is 13.1. The van der Waals surface area contributed by atoms with Gasteiger partial charge in [-0.1, -0.05) is 18.2 Å². The quantitative estimate of drug-likeness (QED) is 0.285. The van der Waals surface area contributed by atoms with Gasteiger partial charge in [0.15, 0.2) is 0 Å².